The van der Waals surface area contributed by atoms with E-state index in [0.717, 1.165) is 43.7 Å². The summed E-state index contributed by atoms with van der Waals surface area (Å²) >= 11 is 1.13. The third-order valence-corrected chi connectivity index (χ3v) is 6.75. The van der Waals surface area contributed by atoms with Gasteiger partial charge in [0.2, 0.25) is 10.0 Å². The number of nitrogens with zero attached hydrogens (tertiary/aromatic N) is 1. The number of likely N-dealkylation sites (tertiary alicyclic amines) is 1. The van der Waals surface area contributed by atoms with Gasteiger partial charge in [0.25, 0.3) is 11.8 Å². The quantitative estimate of drug-likeness (QED) is 0.791. The fraction of sp³-hybridized carbons (Fsp3) is 0.368. The molecule has 0 spiro atoms. The second-order valence-corrected chi connectivity index (χ2v) is 9.66. The largest absolute Gasteiger partial charge is 0.338 e. The first-order valence-electron chi connectivity index (χ1n) is 9.07. The lowest BCUT2D eigenvalue weighted by molar-refractivity contribution is 0.0765. The maximum absolute atomic E-state index is 12.7. The van der Waals surface area contributed by atoms with E-state index in [-0.39, 0.29) is 10.8 Å². The molecule has 3 rings (SSSR count). The molecule has 1 unspecified atom stereocenters. The van der Waals surface area contributed by atoms with Crippen LogP contribution in [0.15, 0.2) is 41.3 Å². The van der Waals surface area contributed by atoms with Crippen molar-refractivity contribution in [1.29, 1.82) is 0 Å². The molecule has 0 saturated carbocycles. The highest BCUT2D eigenvalue weighted by molar-refractivity contribution is 7.89. The average molecular weight is 422 g/mol. The van der Waals surface area contributed by atoms with E-state index in [2.05, 4.69) is 12.2 Å². The molecule has 150 valence electrons. The molecule has 1 aromatic heterocycles. The second kappa shape index (κ2) is 8.42. The molecule has 28 heavy (non-hydrogen) atoms. The summed E-state index contributed by atoms with van der Waals surface area (Å²) in [7, 11) is -3.85. The van der Waals surface area contributed by atoms with Crippen LogP contribution in [0.1, 0.15) is 45.5 Å². The predicted molar refractivity (Wildman–Crippen MR) is 109 cm³/mol. The number of nitrogens with two attached hydrogens (primary N) is 1. The number of carbonyl (C=O) groups is 2. The molecule has 2 heterocycles. The van der Waals surface area contributed by atoms with E-state index in [9.17, 15) is 18.0 Å². The van der Waals surface area contributed by atoms with Crippen LogP contribution in [-0.4, -0.2) is 38.2 Å². The first-order chi connectivity index (χ1) is 13.2. The van der Waals surface area contributed by atoms with E-state index < -0.39 is 15.9 Å². The molecule has 2 aromatic rings. The first-order valence-corrected chi connectivity index (χ1v) is 11.4. The molecule has 3 N–H and O–H groups in total. The molecule has 1 fully saturated rings. The minimum absolute atomic E-state index is 0.0469. The Labute approximate surface area is 168 Å². The first kappa shape index (κ1) is 20.5. The zero-order chi connectivity index (χ0) is 20.3. The van der Waals surface area contributed by atoms with Crippen molar-refractivity contribution >= 4 is 38.9 Å². The summed E-state index contributed by atoms with van der Waals surface area (Å²) in [6.07, 6.45) is 3.11. The molecule has 9 heteroatoms. The fourth-order valence-corrected chi connectivity index (χ4v) is 4.57. The normalized spacial score (nSPS) is 17.8. The zero-order valence-electron chi connectivity index (χ0n) is 15.6. The molecule has 7 nitrogen and oxygen atoms in total. The number of hydrogen-bond acceptors (Lipinski definition) is 5. The second-order valence-electron chi connectivity index (χ2n) is 7.02. The van der Waals surface area contributed by atoms with Gasteiger partial charge in [-0.1, -0.05) is 13.0 Å². The van der Waals surface area contributed by atoms with E-state index in [4.69, 9.17) is 5.14 Å². The van der Waals surface area contributed by atoms with Crippen LogP contribution in [0.25, 0.3) is 0 Å². The number of rotatable bonds is 4. The smallest absolute Gasteiger partial charge is 0.265 e. The Morgan fingerprint density at radius 1 is 1.14 bits per heavy atom. The SMILES string of the molecule is CC1CCCN(C(=O)c2ccc(C(=O)Nc3cccc(S(N)(=O)=O)c3)s2)CC1. The third-order valence-electron chi connectivity index (χ3n) is 4.76. The van der Waals surface area contributed by atoms with Gasteiger partial charge in [-0.15, -0.1) is 11.3 Å². The molecule has 0 aliphatic carbocycles. The highest BCUT2D eigenvalue weighted by atomic mass is 32.2. The summed E-state index contributed by atoms with van der Waals surface area (Å²) in [5.41, 5.74) is 0.319. The number of sulfonamides is 1. The Kier molecular flexibility index (Phi) is 6.17. The number of anilines is 1. The topological polar surface area (TPSA) is 110 Å². The fourth-order valence-electron chi connectivity index (χ4n) is 3.14. The molecule has 1 aliphatic rings. The number of nitrogens with one attached hydrogen (secondary N) is 1. The standard InChI is InChI=1S/C19H23N3O4S2/c1-13-4-3-10-22(11-9-13)19(24)17-8-7-16(27-17)18(23)21-14-5-2-6-15(12-14)28(20,25)26/h2,5-8,12-13H,3-4,9-11H2,1H3,(H,21,23)(H2,20,25,26). The van der Waals surface area contributed by atoms with Crippen LogP contribution in [-0.2, 0) is 10.0 Å². The van der Waals surface area contributed by atoms with E-state index in [1.807, 2.05) is 4.90 Å². The van der Waals surface area contributed by atoms with Gasteiger partial charge in [-0.3, -0.25) is 9.59 Å². The van der Waals surface area contributed by atoms with Crippen LogP contribution in [0.3, 0.4) is 0 Å². The van der Waals surface area contributed by atoms with Gasteiger partial charge in [0.05, 0.1) is 14.6 Å². The monoisotopic (exact) mass is 421 g/mol. The van der Waals surface area contributed by atoms with Gasteiger partial charge in [0, 0.05) is 18.8 Å². The lowest BCUT2D eigenvalue weighted by Gasteiger charge is -2.19. The number of hydrogen-bond donors (Lipinski definition) is 2. The summed E-state index contributed by atoms with van der Waals surface area (Å²) < 4.78 is 22.9. The molecule has 1 aliphatic heterocycles. The van der Waals surface area contributed by atoms with Gasteiger partial charge < -0.3 is 10.2 Å². The third kappa shape index (κ3) is 4.98. The van der Waals surface area contributed by atoms with Crippen LogP contribution in [0, 0.1) is 5.92 Å². The van der Waals surface area contributed by atoms with Crippen LogP contribution in [0.5, 0.6) is 0 Å². The number of primary sulfonamides is 1. The Morgan fingerprint density at radius 2 is 1.89 bits per heavy atom. The summed E-state index contributed by atoms with van der Waals surface area (Å²) in [5, 5.41) is 7.76. The Hall–Kier alpha value is -2.23. The molecule has 1 saturated heterocycles. The van der Waals surface area contributed by atoms with Gasteiger partial charge in [0.15, 0.2) is 0 Å². The molecule has 0 bridgehead atoms. The number of thiophene rings is 1. The lowest BCUT2D eigenvalue weighted by Crippen LogP contribution is -2.31. The van der Waals surface area contributed by atoms with Crippen molar-refractivity contribution in [2.24, 2.45) is 11.1 Å². The van der Waals surface area contributed by atoms with Crippen molar-refractivity contribution in [3.05, 3.63) is 46.2 Å². The zero-order valence-corrected chi connectivity index (χ0v) is 17.2. The highest BCUT2D eigenvalue weighted by Gasteiger charge is 2.22. The Morgan fingerprint density at radius 3 is 2.64 bits per heavy atom. The van der Waals surface area contributed by atoms with Crippen molar-refractivity contribution in [3.63, 3.8) is 0 Å². The molecule has 1 atom stereocenters. The van der Waals surface area contributed by atoms with Crippen molar-refractivity contribution in [3.8, 4) is 0 Å². The Bertz CT molecular complexity index is 985. The average Bonchev–Trinajstić information content (AvgIpc) is 3.04. The molecule has 1 aromatic carbocycles. The van der Waals surface area contributed by atoms with E-state index in [1.54, 1.807) is 18.2 Å². The summed E-state index contributed by atoms with van der Waals surface area (Å²) in [6, 6.07) is 9.00. The van der Waals surface area contributed by atoms with E-state index in [0.29, 0.717) is 21.4 Å². The van der Waals surface area contributed by atoms with Crippen molar-refractivity contribution in [2.75, 3.05) is 18.4 Å². The van der Waals surface area contributed by atoms with Crippen molar-refractivity contribution < 1.29 is 18.0 Å². The van der Waals surface area contributed by atoms with Gasteiger partial charge in [0.1, 0.15) is 0 Å². The van der Waals surface area contributed by atoms with E-state index in [1.165, 1.54) is 18.2 Å². The van der Waals surface area contributed by atoms with E-state index >= 15 is 0 Å². The van der Waals surface area contributed by atoms with Crippen molar-refractivity contribution in [1.82, 2.24) is 4.90 Å². The molecule has 2 amide bonds. The van der Waals surface area contributed by atoms with Gasteiger partial charge in [-0.05, 0) is 55.5 Å². The van der Waals surface area contributed by atoms with Crippen molar-refractivity contribution in [2.45, 2.75) is 31.1 Å². The molecule has 0 radical (unpaired) electrons. The van der Waals surface area contributed by atoms with Gasteiger partial charge in [-0.25, -0.2) is 13.6 Å². The van der Waals surface area contributed by atoms with Crippen LogP contribution >= 0.6 is 11.3 Å². The maximum Gasteiger partial charge on any atom is 0.265 e. The lowest BCUT2D eigenvalue weighted by atomic mass is 10.0. The summed E-state index contributed by atoms with van der Waals surface area (Å²) in [5.74, 6) is 0.171. The number of amides is 2. The summed E-state index contributed by atoms with van der Waals surface area (Å²) in [6.45, 7) is 3.68. The Balaban J connectivity index is 1.70. The minimum Gasteiger partial charge on any atom is -0.338 e. The molecular formula is C19H23N3O4S2. The van der Waals surface area contributed by atoms with Crippen LogP contribution in [0.4, 0.5) is 5.69 Å². The molecular weight excluding hydrogens is 398 g/mol. The van der Waals surface area contributed by atoms with Gasteiger partial charge >= 0.3 is 0 Å². The highest BCUT2D eigenvalue weighted by Crippen LogP contribution is 2.23. The number of carbonyl (C=O) groups excluding carboxylic acids is 2. The maximum atomic E-state index is 12.7. The van der Waals surface area contributed by atoms with Crippen LogP contribution < -0.4 is 10.5 Å². The number of benzene rings is 1. The van der Waals surface area contributed by atoms with Gasteiger partial charge in [-0.2, -0.15) is 0 Å². The van der Waals surface area contributed by atoms with Crippen LogP contribution in [0.2, 0.25) is 0 Å². The minimum atomic E-state index is -3.85. The summed E-state index contributed by atoms with van der Waals surface area (Å²) in [4.78, 5) is 27.9. The predicted octanol–water partition coefficient (Wildman–Crippen LogP) is 2.91.